The SMILES string of the molecule is COCCCn1ccnc1Nc1ccc(Cl)cc1. The first kappa shape index (κ1) is 12.9. The quantitative estimate of drug-likeness (QED) is 0.815. The summed E-state index contributed by atoms with van der Waals surface area (Å²) in [5.41, 5.74) is 0.971. The van der Waals surface area contributed by atoms with E-state index in [2.05, 4.69) is 14.9 Å². The van der Waals surface area contributed by atoms with Gasteiger partial charge in [0.1, 0.15) is 0 Å². The van der Waals surface area contributed by atoms with Gasteiger partial charge in [-0.1, -0.05) is 11.6 Å². The van der Waals surface area contributed by atoms with Gasteiger partial charge in [-0.05, 0) is 30.7 Å². The number of nitrogens with one attached hydrogen (secondary N) is 1. The Labute approximate surface area is 112 Å². The molecule has 0 amide bonds. The molecular formula is C13H16ClN3O. The number of methoxy groups -OCH3 is 1. The number of hydrogen-bond acceptors (Lipinski definition) is 3. The van der Waals surface area contributed by atoms with Gasteiger partial charge in [0, 0.05) is 43.4 Å². The fraction of sp³-hybridized carbons (Fsp3) is 0.308. The number of aromatic nitrogens is 2. The van der Waals surface area contributed by atoms with Crippen LogP contribution in [-0.2, 0) is 11.3 Å². The van der Waals surface area contributed by atoms with Crippen molar-refractivity contribution in [1.29, 1.82) is 0 Å². The predicted molar refractivity (Wildman–Crippen MR) is 73.5 cm³/mol. The molecule has 96 valence electrons. The van der Waals surface area contributed by atoms with Gasteiger partial charge < -0.3 is 14.6 Å². The maximum absolute atomic E-state index is 5.85. The molecule has 0 radical (unpaired) electrons. The van der Waals surface area contributed by atoms with Crippen LogP contribution in [0.1, 0.15) is 6.42 Å². The zero-order valence-corrected chi connectivity index (χ0v) is 11.0. The van der Waals surface area contributed by atoms with Crippen LogP contribution in [0, 0.1) is 0 Å². The maximum Gasteiger partial charge on any atom is 0.207 e. The fourth-order valence-corrected chi connectivity index (χ4v) is 1.78. The lowest BCUT2D eigenvalue weighted by Gasteiger charge is -2.09. The van der Waals surface area contributed by atoms with E-state index in [4.69, 9.17) is 16.3 Å². The van der Waals surface area contributed by atoms with E-state index < -0.39 is 0 Å². The van der Waals surface area contributed by atoms with Crippen molar-refractivity contribution >= 4 is 23.2 Å². The van der Waals surface area contributed by atoms with Crippen molar-refractivity contribution in [2.75, 3.05) is 19.0 Å². The van der Waals surface area contributed by atoms with Crippen molar-refractivity contribution < 1.29 is 4.74 Å². The minimum atomic E-state index is 0.726. The van der Waals surface area contributed by atoms with Gasteiger partial charge in [0.25, 0.3) is 0 Å². The molecule has 0 aliphatic heterocycles. The van der Waals surface area contributed by atoms with E-state index in [9.17, 15) is 0 Å². The summed E-state index contributed by atoms with van der Waals surface area (Å²) in [5.74, 6) is 0.827. The molecule has 0 spiro atoms. The standard InChI is InChI=1S/C13H16ClN3O/c1-18-10-2-8-17-9-7-15-13(17)16-12-5-3-11(14)4-6-12/h3-7,9H,2,8,10H2,1H3,(H,15,16). The highest BCUT2D eigenvalue weighted by Crippen LogP contribution is 2.17. The maximum atomic E-state index is 5.85. The molecule has 0 unspecified atom stereocenters. The number of nitrogens with zero attached hydrogens (tertiary/aromatic N) is 2. The number of imidazole rings is 1. The number of ether oxygens (including phenoxy) is 1. The van der Waals surface area contributed by atoms with Crippen molar-refractivity contribution in [2.45, 2.75) is 13.0 Å². The number of aryl methyl sites for hydroxylation is 1. The van der Waals surface area contributed by atoms with Crippen molar-refractivity contribution in [3.05, 3.63) is 41.7 Å². The Kier molecular flexibility index (Phi) is 4.61. The monoisotopic (exact) mass is 265 g/mol. The fourth-order valence-electron chi connectivity index (χ4n) is 1.66. The lowest BCUT2D eigenvalue weighted by Crippen LogP contribution is -2.05. The molecule has 0 aliphatic rings. The van der Waals surface area contributed by atoms with Crippen LogP contribution in [0.3, 0.4) is 0 Å². The molecule has 18 heavy (non-hydrogen) atoms. The molecule has 1 aromatic carbocycles. The van der Waals surface area contributed by atoms with E-state index in [-0.39, 0.29) is 0 Å². The summed E-state index contributed by atoms with van der Waals surface area (Å²) >= 11 is 5.85. The second kappa shape index (κ2) is 6.42. The molecule has 2 aromatic rings. The van der Waals surface area contributed by atoms with Crippen LogP contribution in [0.25, 0.3) is 0 Å². The molecule has 0 saturated carbocycles. The summed E-state index contributed by atoms with van der Waals surface area (Å²) in [5, 5.41) is 3.98. The lowest BCUT2D eigenvalue weighted by molar-refractivity contribution is 0.190. The third kappa shape index (κ3) is 3.48. The molecule has 2 rings (SSSR count). The van der Waals surface area contributed by atoms with Gasteiger partial charge in [0.05, 0.1) is 0 Å². The summed E-state index contributed by atoms with van der Waals surface area (Å²) in [6, 6.07) is 7.55. The van der Waals surface area contributed by atoms with Crippen LogP contribution < -0.4 is 5.32 Å². The zero-order valence-electron chi connectivity index (χ0n) is 10.3. The zero-order chi connectivity index (χ0) is 12.8. The van der Waals surface area contributed by atoms with Crippen molar-refractivity contribution in [2.24, 2.45) is 0 Å². The van der Waals surface area contributed by atoms with Gasteiger partial charge in [0.15, 0.2) is 0 Å². The summed E-state index contributed by atoms with van der Waals surface area (Å²) < 4.78 is 7.11. The van der Waals surface area contributed by atoms with E-state index >= 15 is 0 Å². The first-order valence-electron chi connectivity index (χ1n) is 5.82. The predicted octanol–water partition coefficient (Wildman–Crippen LogP) is 3.32. The van der Waals surface area contributed by atoms with Crippen LogP contribution in [0.4, 0.5) is 11.6 Å². The van der Waals surface area contributed by atoms with E-state index in [0.29, 0.717) is 0 Å². The van der Waals surface area contributed by atoms with E-state index in [1.165, 1.54) is 0 Å². The first-order valence-corrected chi connectivity index (χ1v) is 6.20. The number of rotatable bonds is 6. The molecule has 1 N–H and O–H groups in total. The Morgan fingerprint density at radius 3 is 2.83 bits per heavy atom. The summed E-state index contributed by atoms with van der Waals surface area (Å²) in [6.45, 7) is 1.63. The highest BCUT2D eigenvalue weighted by Gasteiger charge is 2.02. The normalized spacial score (nSPS) is 10.6. The summed E-state index contributed by atoms with van der Waals surface area (Å²) in [6.07, 6.45) is 4.70. The molecule has 1 aromatic heterocycles. The Balaban J connectivity index is 2.00. The van der Waals surface area contributed by atoms with Gasteiger partial charge in [0.2, 0.25) is 5.95 Å². The molecule has 0 atom stereocenters. The highest BCUT2D eigenvalue weighted by molar-refractivity contribution is 6.30. The second-order valence-corrected chi connectivity index (χ2v) is 4.36. The van der Waals surface area contributed by atoms with Crippen LogP contribution in [0.2, 0.25) is 5.02 Å². The molecule has 0 fully saturated rings. The Morgan fingerprint density at radius 2 is 2.11 bits per heavy atom. The van der Waals surface area contributed by atoms with Gasteiger partial charge >= 0.3 is 0 Å². The molecule has 0 saturated heterocycles. The minimum Gasteiger partial charge on any atom is -0.385 e. The van der Waals surface area contributed by atoms with E-state index in [0.717, 1.165) is 36.2 Å². The highest BCUT2D eigenvalue weighted by atomic mass is 35.5. The molecule has 0 aliphatic carbocycles. The van der Waals surface area contributed by atoms with Crippen LogP contribution in [0.15, 0.2) is 36.7 Å². The summed E-state index contributed by atoms with van der Waals surface area (Å²) in [4.78, 5) is 4.29. The summed E-state index contributed by atoms with van der Waals surface area (Å²) in [7, 11) is 1.71. The van der Waals surface area contributed by atoms with Crippen LogP contribution in [-0.4, -0.2) is 23.3 Å². The average molecular weight is 266 g/mol. The Bertz CT molecular complexity index is 481. The number of benzene rings is 1. The third-order valence-electron chi connectivity index (χ3n) is 2.56. The largest absolute Gasteiger partial charge is 0.385 e. The Morgan fingerprint density at radius 1 is 1.33 bits per heavy atom. The Hall–Kier alpha value is -1.52. The molecule has 5 heteroatoms. The van der Waals surface area contributed by atoms with Gasteiger partial charge in [-0.2, -0.15) is 0 Å². The first-order chi connectivity index (χ1) is 8.79. The minimum absolute atomic E-state index is 0.726. The van der Waals surface area contributed by atoms with Crippen LogP contribution >= 0.6 is 11.6 Å². The average Bonchev–Trinajstić information content (AvgIpc) is 2.80. The van der Waals surface area contributed by atoms with Gasteiger partial charge in [-0.25, -0.2) is 4.98 Å². The topological polar surface area (TPSA) is 39.1 Å². The van der Waals surface area contributed by atoms with Crippen molar-refractivity contribution in [3.63, 3.8) is 0 Å². The van der Waals surface area contributed by atoms with Crippen LogP contribution in [0.5, 0.6) is 0 Å². The second-order valence-electron chi connectivity index (χ2n) is 3.92. The van der Waals surface area contributed by atoms with E-state index in [1.807, 2.05) is 30.5 Å². The smallest absolute Gasteiger partial charge is 0.207 e. The number of hydrogen-bond donors (Lipinski definition) is 1. The lowest BCUT2D eigenvalue weighted by atomic mass is 10.3. The molecule has 0 bridgehead atoms. The van der Waals surface area contributed by atoms with Crippen molar-refractivity contribution in [1.82, 2.24) is 9.55 Å². The number of halogens is 1. The molecule has 4 nitrogen and oxygen atoms in total. The molecular weight excluding hydrogens is 250 g/mol. The van der Waals surface area contributed by atoms with Gasteiger partial charge in [-0.15, -0.1) is 0 Å². The van der Waals surface area contributed by atoms with E-state index in [1.54, 1.807) is 13.3 Å². The van der Waals surface area contributed by atoms with Gasteiger partial charge in [-0.3, -0.25) is 0 Å². The van der Waals surface area contributed by atoms with Crippen molar-refractivity contribution in [3.8, 4) is 0 Å². The molecule has 1 heterocycles. The third-order valence-corrected chi connectivity index (χ3v) is 2.82. The number of anilines is 2.